The zero-order valence-electron chi connectivity index (χ0n) is 15.6. The van der Waals surface area contributed by atoms with Gasteiger partial charge < -0.3 is 10.2 Å². The quantitative estimate of drug-likeness (QED) is 0.610. The van der Waals surface area contributed by atoms with Gasteiger partial charge in [0, 0.05) is 46.0 Å². The molecule has 1 aromatic rings. The summed E-state index contributed by atoms with van der Waals surface area (Å²) < 4.78 is 61.5. The standard InChI is InChI=1S/C17H25F3N4O2S/c1-13(17(18,19)20)23-8-10-24(11-9-23)16(21-2)22-12-14-4-6-15(7-5-14)27(3,25)26/h4-7,13H,8-12H2,1-3H3,(H,21,22). The maximum absolute atomic E-state index is 12.8. The Bertz CT molecular complexity index is 755. The molecule has 0 saturated carbocycles. The lowest BCUT2D eigenvalue weighted by molar-refractivity contribution is -0.181. The maximum atomic E-state index is 12.8. The van der Waals surface area contributed by atoms with Gasteiger partial charge in [-0.15, -0.1) is 0 Å². The minimum absolute atomic E-state index is 0.255. The zero-order chi connectivity index (χ0) is 20.2. The molecule has 1 fully saturated rings. The van der Waals surface area contributed by atoms with Crippen LogP contribution in [0.2, 0.25) is 0 Å². The van der Waals surface area contributed by atoms with Crippen LogP contribution in [0.4, 0.5) is 13.2 Å². The van der Waals surface area contributed by atoms with Crippen LogP contribution in [0, 0.1) is 0 Å². The summed E-state index contributed by atoms with van der Waals surface area (Å²) in [6.07, 6.45) is -3.07. The fraction of sp³-hybridized carbons (Fsp3) is 0.588. The van der Waals surface area contributed by atoms with Crippen molar-refractivity contribution in [3.63, 3.8) is 0 Å². The van der Waals surface area contributed by atoms with Crippen molar-refractivity contribution in [2.45, 2.75) is 30.6 Å². The Morgan fingerprint density at radius 1 is 1.19 bits per heavy atom. The molecule has 152 valence electrons. The predicted molar refractivity (Wildman–Crippen MR) is 98.4 cm³/mol. The van der Waals surface area contributed by atoms with Crippen molar-refractivity contribution in [1.29, 1.82) is 0 Å². The fourth-order valence-electron chi connectivity index (χ4n) is 2.90. The second-order valence-electron chi connectivity index (χ2n) is 6.56. The van der Waals surface area contributed by atoms with Crippen LogP contribution in [0.25, 0.3) is 0 Å². The number of benzene rings is 1. The van der Waals surface area contributed by atoms with E-state index in [2.05, 4.69) is 10.3 Å². The lowest BCUT2D eigenvalue weighted by Gasteiger charge is -2.39. The molecule has 0 radical (unpaired) electrons. The Morgan fingerprint density at radius 2 is 1.74 bits per heavy atom. The van der Waals surface area contributed by atoms with Crippen LogP contribution in [0.5, 0.6) is 0 Å². The SMILES string of the molecule is CN=C(NCc1ccc(S(C)(=O)=O)cc1)N1CCN(C(C)C(F)(F)F)CC1. The molecule has 0 aromatic heterocycles. The van der Waals surface area contributed by atoms with Gasteiger partial charge >= 0.3 is 6.18 Å². The summed E-state index contributed by atoms with van der Waals surface area (Å²) in [5.74, 6) is 0.613. The topological polar surface area (TPSA) is 65.0 Å². The number of nitrogens with one attached hydrogen (secondary N) is 1. The first-order chi connectivity index (χ1) is 12.5. The van der Waals surface area contributed by atoms with Gasteiger partial charge in [-0.05, 0) is 24.6 Å². The number of guanidine groups is 1. The smallest absolute Gasteiger partial charge is 0.352 e. The summed E-state index contributed by atoms with van der Waals surface area (Å²) in [5, 5.41) is 3.17. The first-order valence-corrected chi connectivity index (χ1v) is 10.5. The average molecular weight is 406 g/mol. The third-order valence-corrected chi connectivity index (χ3v) is 5.78. The molecule has 0 bridgehead atoms. The van der Waals surface area contributed by atoms with Crippen molar-refractivity contribution in [1.82, 2.24) is 15.1 Å². The summed E-state index contributed by atoms with van der Waals surface area (Å²) in [7, 11) is -1.61. The fourth-order valence-corrected chi connectivity index (χ4v) is 3.53. The first kappa shape index (κ1) is 21.5. The average Bonchev–Trinajstić information content (AvgIpc) is 2.61. The van der Waals surface area contributed by atoms with Gasteiger partial charge in [0.05, 0.1) is 4.90 Å². The van der Waals surface area contributed by atoms with E-state index in [9.17, 15) is 21.6 Å². The van der Waals surface area contributed by atoms with Crippen LogP contribution < -0.4 is 5.32 Å². The van der Waals surface area contributed by atoms with Crippen molar-refractivity contribution in [2.24, 2.45) is 4.99 Å². The summed E-state index contributed by atoms with van der Waals surface area (Å²) in [6.45, 7) is 3.15. The van der Waals surface area contributed by atoms with E-state index in [4.69, 9.17) is 0 Å². The summed E-state index contributed by atoms with van der Waals surface area (Å²) >= 11 is 0. The maximum Gasteiger partial charge on any atom is 0.403 e. The van der Waals surface area contributed by atoms with Crippen molar-refractivity contribution in [3.05, 3.63) is 29.8 Å². The van der Waals surface area contributed by atoms with Crippen LogP contribution in [0.15, 0.2) is 34.2 Å². The third kappa shape index (κ3) is 5.83. The zero-order valence-corrected chi connectivity index (χ0v) is 16.4. The minimum atomic E-state index is -4.22. The van der Waals surface area contributed by atoms with Crippen molar-refractivity contribution < 1.29 is 21.6 Å². The van der Waals surface area contributed by atoms with Gasteiger partial charge in [0.2, 0.25) is 0 Å². The van der Waals surface area contributed by atoms with E-state index in [1.165, 1.54) is 11.8 Å². The molecule has 10 heteroatoms. The predicted octanol–water partition coefficient (Wildman–Crippen LogP) is 1.73. The molecule has 2 rings (SSSR count). The third-order valence-electron chi connectivity index (χ3n) is 4.65. The summed E-state index contributed by atoms with van der Waals surface area (Å²) in [4.78, 5) is 7.80. The van der Waals surface area contributed by atoms with Crippen LogP contribution >= 0.6 is 0 Å². The Labute approximate surface area is 158 Å². The van der Waals surface area contributed by atoms with Crippen LogP contribution in [-0.4, -0.2) is 75.9 Å². The highest BCUT2D eigenvalue weighted by Gasteiger charge is 2.41. The van der Waals surface area contributed by atoms with E-state index in [0.29, 0.717) is 38.7 Å². The summed E-state index contributed by atoms with van der Waals surface area (Å²) in [5.41, 5.74) is 0.882. The number of piperazine rings is 1. The molecule has 1 aromatic carbocycles. The van der Waals surface area contributed by atoms with Gasteiger partial charge in [0.25, 0.3) is 0 Å². The molecular formula is C17H25F3N4O2S. The molecule has 1 aliphatic rings. The number of sulfone groups is 1. The molecule has 0 amide bonds. The highest BCUT2D eigenvalue weighted by atomic mass is 32.2. The number of alkyl halides is 3. The summed E-state index contributed by atoms with van der Waals surface area (Å²) in [6, 6.07) is 5.08. The number of hydrogen-bond acceptors (Lipinski definition) is 4. The molecule has 0 aliphatic carbocycles. The van der Waals surface area contributed by atoms with E-state index in [0.717, 1.165) is 11.8 Å². The second kappa shape index (κ2) is 8.47. The van der Waals surface area contributed by atoms with Crippen molar-refractivity contribution in [2.75, 3.05) is 39.5 Å². The molecule has 1 N–H and O–H groups in total. The molecule has 1 saturated heterocycles. The molecule has 1 aliphatic heterocycles. The number of nitrogens with zero attached hydrogens (tertiary/aromatic N) is 3. The van der Waals surface area contributed by atoms with Gasteiger partial charge in [-0.3, -0.25) is 9.89 Å². The van der Waals surface area contributed by atoms with Crippen molar-refractivity contribution >= 4 is 15.8 Å². The molecule has 1 atom stereocenters. The van der Waals surface area contributed by atoms with Gasteiger partial charge in [-0.2, -0.15) is 13.2 Å². The molecule has 27 heavy (non-hydrogen) atoms. The van der Waals surface area contributed by atoms with Crippen LogP contribution in [0.3, 0.4) is 0 Å². The molecular weight excluding hydrogens is 381 g/mol. The Kier molecular flexibility index (Phi) is 6.74. The van der Waals surface area contributed by atoms with E-state index < -0.39 is 22.1 Å². The highest BCUT2D eigenvalue weighted by Crippen LogP contribution is 2.25. The number of rotatable bonds is 4. The Balaban J connectivity index is 1.90. The van der Waals surface area contributed by atoms with Crippen LogP contribution in [-0.2, 0) is 16.4 Å². The monoisotopic (exact) mass is 406 g/mol. The van der Waals surface area contributed by atoms with E-state index in [1.54, 1.807) is 31.3 Å². The van der Waals surface area contributed by atoms with Crippen LogP contribution in [0.1, 0.15) is 12.5 Å². The lowest BCUT2D eigenvalue weighted by Crippen LogP contribution is -2.56. The lowest BCUT2D eigenvalue weighted by atomic mass is 10.2. The van der Waals surface area contributed by atoms with E-state index in [-0.39, 0.29) is 4.90 Å². The van der Waals surface area contributed by atoms with Gasteiger partial charge in [0.15, 0.2) is 15.8 Å². The van der Waals surface area contributed by atoms with Crippen molar-refractivity contribution in [3.8, 4) is 0 Å². The Morgan fingerprint density at radius 3 is 2.19 bits per heavy atom. The largest absolute Gasteiger partial charge is 0.403 e. The van der Waals surface area contributed by atoms with E-state index >= 15 is 0 Å². The Hall–Kier alpha value is -1.81. The number of halogens is 3. The van der Waals surface area contributed by atoms with Gasteiger partial charge in [-0.1, -0.05) is 12.1 Å². The molecule has 6 nitrogen and oxygen atoms in total. The molecule has 0 spiro atoms. The number of aliphatic imine (C=N–C) groups is 1. The van der Waals surface area contributed by atoms with Gasteiger partial charge in [-0.25, -0.2) is 8.42 Å². The molecule has 1 unspecified atom stereocenters. The number of hydrogen-bond donors (Lipinski definition) is 1. The van der Waals surface area contributed by atoms with Gasteiger partial charge in [0.1, 0.15) is 6.04 Å². The normalized spacial score (nSPS) is 18.4. The minimum Gasteiger partial charge on any atom is -0.352 e. The second-order valence-corrected chi connectivity index (χ2v) is 8.57. The first-order valence-electron chi connectivity index (χ1n) is 8.57. The van der Waals surface area contributed by atoms with E-state index in [1.807, 2.05) is 4.90 Å². The highest BCUT2D eigenvalue weighted by molar-refractivity contribution is 7.90. The molecule has 1 heterocycles.